The normalized spacial score (nSPS) is 16.9. The van der Waals surface area contributed by atoms with Crippen molar-refractivity contribution < 1.29 is 4.39 Å². The van der Waals surface area contributed by atoms with Gasteiger partial charge in [-0.25, -0.2) is 4.39 Å². The summed E-state index contributed by atoms with van der Waals surface area (Å²) in [6.45, 7) is 6.57. The van der Waals surface area contributed by atoms with Gasteiger partial charge in [0.15, 0.2) is 0 Å². The molecule has 1 aromatic rings. The SMILES string of the molecule is CC(C)(C)NCC(F)c1ccc2c(c1)CCC2. The molecule has 0 saturated carbocycles. The molecule has 1 atom stereocenters. The van der Waals surface area contributed by atoms with Crippen LogP contribution < -0.4 is 5.32 Å². The van der Waals surface area contributed by atoms with Crippen molar-refractivity contribution in [3.63, 3.8) is 0 Å². The fourth-order valence-electron chi connectivity index (χ4n) is 2.30. The second-order valence-electron chi connectivity index (χ2n) is 5.98. The molecule has 0 aromatic heterocycles. The van der Waals surface area contributed by atoms with Crippen molar-refractivity contribution in [2.24, 2.45) is 0 Å². The molecule has 1 N–H and O–H groups in total. The van der Waals surface area contributed by atoms with Crippen LogP contribution >= 0.6 is 0 Å². The van der Waals surface area contributed by atoms with E-state index in [9.17, 15) is 4.39 Å². The van der Waals surface area contributed by atoms with Gasteiger partial charge in [-0.1, -0.05) is 18.2 Å². The van der Waals surface area contributed by atoms with Crippen molar-refractivity contribution in [2.75, 3.05) is 6.54 Å². The lowest BCUT2D eigenvalue weighted by Crippen LogP contribution is -2.37. The van der Waals surface area contributed by atoms with Crippen LogP contribution in [0.3, 0.4) is 0 Å². The zero-order valence-corrected chi connectivity index (χ0v) is 11.0. The Kier molecular flexibility index (Phi) is 3.53. The Hall–Kier alpha value is -0.890. The molecule has 94 valence electrons. The summed E-state index contributed by atoms with van der Waals surface area (Å²) in [6.07, 6.45) is 2.59. The van der Waals surface area contributed by atoms with E-state index in [0.717, 1.165) is 18.4 Å². The molecule has 0 spiro atoms. The standard InChI is InChI=1S/C15H22FN/c1-15(2,3)17-10-14(16)13-8-7-11-5-4-6-12(11)9-13/h7-9,14,17H,4-6,10H2,1-3H3. The number of fused-ring (bicyclic) bond motifs is 1. The number of rotatable bonds is 3. The van der Waals surface area contributed by atoms with E-state index >= 15 is 0 Å². The number of hydrogen-bond acceptors (Lipinski definition) is 1. The van der Waals surface area contributed by atoms with E-state index in [1.54, 1.807) is 0 Å². The Labute approximate surface area is 103 Å². The van der Waals surface area contributed by atoms with E-state index in [1.807, 2.05) is 6.07 Å². The number of hydrogen-bond donors (Lipinski definition) is 1. The Morgan fingerprint density at radius 1 is 1.24 bits per heavy atom. The van der Waals surface area contributed by atoms with E-state index in [-0.39, 0.29) is 5.54 Å². The number of alkyl halides is 1. The fourth-order valence-corrected chi connectivity index (χ4v) is 2.30. The highest BCUT2D eigenvalue weighted by Crippen LogP contribution is 2.26. The predicted octanol–water partition coefficient (Wildman–Crippen LogP) is 3.57. The minimum absolute atomic E-state index is 0.0267. The highest BCUT2D eigenvalue weighted by molar-refractivity contribution is 5.36. The lowest BCUT2D eigenvalue weighted by molar-refractivity contribution is 0.291. The van der Waals surface area contributed by atoms with Gasteiger partial charge in [0.25, 0.3) is 0 Å². The van der Waals surface area contributed by atoms with Crippen LogP contribution in [0.4, 0.5) is 4.39 Å². The summed E-state index contributed by atoms with van der Waals surface area (Å²) in [4.78, 5) is 0. The molecule has 0 amide bonds. The highest BCUT2D eigenvalue weighted by Gasteiger charge is 2.17. The van der Waals surface area contributed by atoms with E-state index in [2.05, 4.69) is 38.2 Å². The molecule has 17 heavy (non-hydrogen) atoms. The van der Waals surface area contributed by atoms with Crippen molar-refractivity contribution in [3.05, 3.63) is 34.9 Å². The Bertz CT molecular complexity index is 392. The Morgan fingerprint density at radius 2 is 1.94 bits per heavy atom. The van der Waals surface area contributed by atoms with Crippen LogP contribution in [0.5, 0.6) is 0 Å². The summed E-state index contributed by atoms with van der Waals surface area (Å²) in [5, 5.41) is 3.21. The fraction of sp³-hybridized carbons (Fsp3) is 0.600. The third-order valence-electron chi connectivity index (χ3n) is 3.30. The van der Waals surface area contributed by atoms with Crippen LogP contribution in [0.25, 0.3) is 0 Å². The summed E-state index contributed by atoms with van der Waals surface area (Å²) >= 11 is 0. The first-order valence-electron chi connectivity index (χ1n) is 6.46. The van der Waals surface area contributed by atoms with E-state index < -0.39 is 6.17 Å². The average Bonchev–Trinajstić information content (AvgIpc) is 2.71. The molecule has 0 radical (unpaired) electrons. The first-order valence-corrected chi connectivity index (χ1v) is 6.46. The molecule has 1 aromatic carbocycles. The molecule has 1 aliphatic carbocycles. The molecular formula is C15H22FN. The van der Waals surface area contributed by atoms with Gasteiger partial charge in [-0.2, -0.15) is 0 Å². The van der Waals surface area contributed by atoms with Gasteiger partial charge in [-0.05, 0) is 56.7 Å². The molecule has 0 saturated heterocycles. The van der Waals surface area contributed by atoms with Crippen LogP contribution in [0, 0.1) is 0 Å². The van der Waals surface area contributed by atoms with Crippen LogP contribution in [-0.2, 0) is 12.8 Å². The maximum absolute atomic E-state index is 14.1. The second kappa shape index (κ2) is 4.77. The summed E-state index contributed by atoms with van der Waals surface area (Å²) < 4.78 is 14.1. The second-order valence-corrected chi connectivity index (χ2v) is 5.98. The summed E-state index contributed by atoms with van der Waals surface area (Å²) in [5.74, 6) is 0. The Balaban J connectivity index is 2.02. The molecule has 2 heteroatoms. The molecule has 1 aliphatic rings. The van der Waals surface area contributed by atoms with Crippen LogP contribution in [0.2, 0.25) is 0 Å². The number of halogens is 1. The van der Waals surface area contributed by atoms with Crippen molar-refractivity contribution in [1.29, 1.82) is 0 Å². The molecule has 1 unspecified atom stereocenters. The van der Waals surface area contributed by atoms with Gasteiger partial charge in [0.05, 0.1) is 0 Å². The first-order chi connectivity index (χ1) is 7.96. The predicted molar refractivity (Wildman–Crippen MR) is 70.1 cm³/mol. The largest absolute Gasteiger partial charge is 0.309 e. The van der Waals surface area contributed by atoms with Crippen molar-refractivity contribution in [3.8, 4) is 0 Å². The number of benzene rings is 1. The summed E-state index contributed by atoms with van der Waals surface area (Å²) in [5.41, 5.74) is 3.55. The molecule has 0 fully saturated rings. The van der Waals surface area contributed by atoms with Crippen molar-refractivity contribution in [1.82, 2.24) is 5.32 Å². The smallest absolute Gasteiger partial charge is 0.138 e. The van der Waals surface area contributed by atoms with Crippen LogP contribution in [0.15, 0.2) is 18.2 Å². The van der Waals surface area contributed by atoms with Crippen molar-refractivity contribution in [2.45, 2.75) is 51.7 Å². The lowest BCUT2D eigenvalue weighted by atomic mass is 10.0. The van der Waals surface area contributed by atoms with Gasteiger partial charge in [0.2, 0.25) is 0 Å². The van der Waals surface area contributed by atoms with Gasteiger partial charge in [0, 0.05) is 12.1 Å². The van der Waals surface area contributed by atoms with Crippen LogP contribution in [-0.4, -0.2) is 12.1 Å². The van der Waals surface area contributed by atoms with Gasteiger partial charge >= 0.3 is 0 Å². The topological polar surface area (TPSA) is 12.0 Å². The molecule has 1 nitrogen and oxygen atoms in total. The maximum Gasteiger partial charge on any atom is 0.138 e. The van der Waals surface area contributed by atoms with E-state index in [1.165, 1.54) is 17.5 Å². The molecule has 0 heterocycles. The third-order valence-corrected chi connectivity index (χ3v) is 3.30. The number of nitrogens with one attached hydrogen (secondary N) is 1. The van der Waals surface area contributed by atoms with Gasteiger partial charge in [-0.15, -0.1) is 0 Å². The van der Waals surface area contributed by atoms with Crippen LogP contribution in [0.1, 0.15) is 50.1 Å². The molecular weight excluding hydrogens is 213 g/mol. The molecule has 0 aliphatic heterocycles. The first kappa shape index (κ1) is 12.6. The number of aryl methyl sites for hydroxylation is 2. The lowest BCUT2D eigenvalue weighted by Gasteiger charge is -2.22. The van der Waals surface area contributed by atoms with Gasteiger partial charge in [0.1, 0.15) is 6.17 Å². The quantitative estimate of drug-likeness (QED) is 0.844. The van der Waals surface area contributed by atoms with E-state index in [4.69, 9.17) is 0 Å². The average molecular weight is 235 g/mol. The van der Waals surface area contributed by atoms with E-state index in [0.29, 0.717) is 6.54 Å². The van der Waals surface area contributed by atoms with Gasteiger partial charge in [-0.3, -0.25) is 0 Å². The highest BCUT2D eigenvalue weighted by atomic mass is 19.1. The van der Waals surface area contributed by atoms with Gasteiger partial charge < -0.3 is 5.32 Å². The maximum atomic E-state index is 14.1. The monoisotopic (exact) mass is 235 g/mol. The summed E-state index contributed by atoms with van der Waals surface area (Å²) in [6, 6.07) is 6.10. The zero-order valence-electron chi connectivity index (χ0n) is 11.0. The molecule has 2 rings (SSSR count). The zero-order chi connectivity index (χ0) is 12.5. The minimum Gasteiger partial charge on any atom is -0.309 e. The molecule has 0 bridgehead atoms. The Morgan fingerprint density at radius 3 is 2.65 bits per heavy atom. The minimum atomic E-state index is -0.903. The third kappa shape index (κ3) is 3.29. The van der Waals surface area contributed by atoms with Crippen molar-refractivity contribution >= 4 is 0 Å². The summed E-state index contributed by atoms with van der Waals surface area (Å²) in [7, 11) is 0.